The van der Waals surface area contributed by atoms with Gasteiger partial charge in [-0.2, -0.15) is 0 Å². The summed E-state index contributed by atoms with van der Waals surface area (Å²) in [5.74, 6) is 1.99. The quantitative estimate of drug-likeness (QED) is 0.338. The lowest BCUT2D eigenvalue weighted by Crippen LogP contribution is -2.59. The summed E-state index contributed by atoms with van der Waals surface area (Å²) in [6.07, 6.45) is 10.1. The minimum atomic E-state index is -0.880. The Hall–Kier alpha value is -3.62. The minimum Gasteiger partial charge on any atom is -0.387 e. The number of aromatic nitrogens is 5. The Kier molecular flexibility index (Phi) is 5.16. The third kappa shape index (κ3) is 3.58. The molecule has 4 aromatic heterocycles. The molecule has 3 N–H and O–H groups in total. The molecular weight excluding hydrogens is 462 g/mol. The number of likely N-dealkylation sites (N-methyl/N-ethyl adjacent to an activating group) is 1. The number of fused-ring (bicyclic) bond motifs is 4. The van der Waals surface area contributed by atoms with E-state index in [1.54, 1.807) is 0 Å². The molecular formula is C29H31N7O. The number of β-amino-alcohol motifs (C(OH)–C–C–N with tert-alkyl or cyclic N) is 1. The lowest BCUT2D eigenvalue weighted by Gasteiger charge is -2.43. The largest absolute Gasteiger partial charge is 0.387 e. The molecule has 0 spiro atoms. The van der Waals surface area contributed by atoms with Crippen molar-refractivity contribution in [1.29, 1.82) is 0 Å². The summed E-state index contributed by atoms with van der Waals surface area (Å²) in [7, 11) is 2.06. The van der Waals surface area contributed by atoms with Crippen LogP contribution >= 0.6 is 0 Å². The molecule has 1 saturated heterocycles. The van der Waals surface area contributed by atoms with Crippen molar-refractivity contribution >= 4 is 38.7 Å². The Morgan fingerprint density at radius 3 is 2.73 bits per heavy atom. The number of nitrogens with one attached hydrogen (secondary N) is 2. The Labute approximate surface area is 215 Å². The molecule has 1 aliphatic heterocycles. The van der Waals surface area contributed by atoms with Crippen LogP contribution in [-0.2, 0) is 0 Å². The first-order valence-electron chi connectivity index (χ1n) is 13.2. The number of hydrogen-bond donors (Lipinski definition) is 3. The van der Waals surface area contributed by atoms with Crippen molar-refractivity contribution in [2.24, 2.45) is 0 Å². The van der Waals surface area contributed by atoms with E-state index in [9.17, 15) is 5.11 Å². The number of aromatic amines is 1. The molecule has 7 rings (SSSR count). The second-order valence-electron chi connectivity index (χ2n) is 10.8. The molecule has 5 aromatic rings. The van der Waals surface area contributed by atoms with Gasteiger partial charge in [-0.25, -0.2) is 15.0 Å². The first-order valence-corrected chi connectivity index (χ1v) is 13.2. The third-order valence-corrected chi connectivity index (χ3v) is 8.40. The van der Waals surface area contributed by atoms with Gasteiger partial charge in [-0.1, -0.05) is 24.6 Å². The van der Waals surface area contributed by atoms with Crippen molar-refractivity contribution in [2.45, 2.75) is 50.2 Å². The Balaban J connectivity index is 1.49. The van der Waals surface area contributed by atoms with Gasteiger partial charge in [0, 0.05) is 53.2 Å². The normalized spacial score (nSPS) is 22.5. The zero-order valence-corrected chi connectivity index (χ0v) is 21.2. The summed E-state index contributed by atoms with van der Waals surface area (Å²) in [6.45, 7) is 3.32. The van der Waals surface area contributed by atoms with E-state index in [-0.39, 0.29) is 6.04 Å². The van der Waals surface area contributed by atoms with Crippen molar-refractivity contribution < 1.29 is 5.11 Å². The highest BCUT2D eigenvalue weighted by molar-refractivity contribution is 6.12. The van der Waals surface area contributed by atoms with E-state index in [2.05, 4.69) is 44.3 Å². The highest BCUT2D eigenvalue weighted by atomic mass is 16.3. The van der Waals surface area contributed by atoms with Crippen LogP contribution in [0.3, 0.4) is 0 Å². The number of anilines is 1. The molecule has 1 aromatic carbocycles. The van der Waals surface area contributed by atoms with E-state index in [4.69, 9.17) is 9.97 Å². The van der Waals surface area contributed by atoms with E-state index in [0.717, 1.165) is 70.0 Å². The lowest BCUT2D eigenvalue weighted by atomic mass is 9.79. The molecule has 5 heterocycles. The minimum absolute atomic E-state index is 0.0762. The summed E-state index contributed by atoms with van der Waals surface area (Å²) < 4.78 is 0. The van der Waals surface area contributed by atoms with Gasteiger partial charge in [0.1, 0.15) is 11.5 Å². The molecule has 2 fully saturated rings. The van der Waals surface area contributed by atoms with Crippen LogP contribution in [0.25, 0.3) is 44.2 Å². The number of pyridine rings is 2. The number of aliphatic hydroxyl groups is 1. The monoisotopic (exact) mass is 493 g/mol. The molecule has 2 atom stereocenters. The van der Waals surface area contributed by atoms with Crippen molar-refractivity contribution in [3.8, 4) is 11.4 Å². The van der Waals surface area contributed by atoms with E-state index in [0.29, 0.717) is 18.3 Å². The molecule has 1 aliphatic carbocycles. The number of para-hydroxylation sites is 1. The fraction of sp³-hybridized carbons (Fsp3) is 0.379. The van der Waals surface area contributed by atoms with Crippen LogP contribution < -0.4 is 10.2 Å². The highest BCUT2D eigenvalue weighted by Gasteiger charge is 2.39. The van der Waals surface area contributed by atoms with Gasteiger partial charge in [0.25, 0.3) is 0 Å². The highest BCUT2D eigenvalue weighted by Crippen LogP contribution is 2.43. The van der Waals surface area contributed by atoms with Crippen LogP contribution in [0.1, 0.15) is 44.1 Å². The van der Waals surface area contributed by atoms with Crippen molar-refractivity contribution in [3.63, 3.8) is 0 Å². The number of benzene rings is 1. The number of nitrogens with zero attached hydrogens (tertiary/aromatic N) is 5. The molecule has 0 radical (unpaired) electrons. The smallest absolute Gasteiger partial charge is 0.163 e. The molecule has 8 nitrogen and oxygen atoms in total. The van der Waals surface area contributed by atoms with Crippen molar-refractivity contribution in [2.75, 3.05) is 25.0 Å². The molecule has 188 valence electrons. The zero-order chi connectivity index (χ0) is 25.1. The Morgan fingerprint density at radius 2 is 1.92 bits per heavy atom. The number of rotatable bonds is 4. The molecule has 8 heteroatoms. The average molecular weight is 494 g/mol. The Bertz CT molecular complexity index is 1640. The molecule has 37 heavy (non-hydrogen) atoms. The number of H-pyrrole nitrogens is 1. The summed E-state index contributed by atoms with van der Waals surface area (Å²) >= 11 is 0. The van der Waals surface area contributed by atoms with Gasteiger partial charge in [0.15, 0.2) is 5.82 Å². The number of hydrogen-bond acceptors (Lipinski definition) is 7. The first-order chi connectivity index (χ1) is 18.0. The predicted molar refractivity (Wildman–Crippen MR) is 147 cm³/mol. The van der Waals surface area contributed by atoms with E-state index in [1.807, 2.05) is 43.7 Å². The van der Waals surface area contributed by atoms with Gasteiger partial charge in [-0.3, -0.25) is 4.98 Å². The first kappa shape index (κ1) is 22.6. The lowest BCUT2D eigenvalue weighted by molar-refractivity contribution is 0.0143. The van der Waals surface area contributed by atoms with Crippen molar-refractivity contribution in [3.05, 3.63) is 54.5 Å². The molecule has 0 unspecified atom stereocenters. The zero-order valence-electron chi connectivity index (χ0n) is 21.2. The fourth-order valence-corrected chi connectivity index (χ4v) is 6.21. The van der Waals surface area contributed by atoms with Crippen LogP contribution in [0.2, 0.25) is 0 Å². The Morgan fingerprint density at radius 1 is 1.05 bits per heavy atom. The van der Waals surface area contributed by atoms with E-state index >= 15 is 0 Å². The molecule has 0 amide bonds. The van der Waals surface area contributed by atoms with Crippen molar-refractivity contribution in [1.82, 2.24) is 30.2 Å². The van der Waals surface area contributed by atoms with Gasteiger partial charge in [-0.15, -0.1) is 0 Å². The van der Waals surface area contributed by atoms with Gasteiger partial charge in [0.05, 0.1) is 23.4 Å². The standard InChI is InChI=1S/C29H31N7O/c1-29(37)16-30-12-11-23(29)36(2)28-25-20(17-6-5-7-17)14-31-15-22(25)34-26(35-28)19-10-13-32-27-24(19)18-8-3-4-9-21(18)33-27/h3-4,8-10,13-15,17,23,30,37H,5-7,11-12,16H2,1-2H3,(H,32,33)/t23-,29-/m1/s1. The van der Waals surface area contributed by atoms with Gasteiger partial charge < -0.3 is 20.3 Å². The third-order valence-electron chi connectivity index (χ3n) is 8.40. The van der Waals surface area contributed by atoms with E-state index in [1.165, 1.54) is 12.0 Å². The maximum atomic E-state index is 11.3. The molecule has 2 aliphatic rings. The van der Waals surface area contributed by atoms with Crippen LogP contribution in [0.4, 0.5) is 5.82 Å². The second kappa shape index (κ2) is 8.46. The van der Waals surface area contributed by atoms with Crippen LogP contribution in [0, 0.1) is 0 Å². The maximum absolute atomic E-state index is 11.3. The van der Waals surface area contributed by atoms with Gasteiger partial charge >= 0.3 is 0 Å². The predicted octanol–water partition coefficient (Wildman–Crippen LogP) is 4.54. The van der Waals surface area contributed by atoms with Crippen LogP contribution in [0.5, 0.6) is 0 Å². The number of piperidine rings is 1. The second-order valence-corrected chi connectivity index (χ2v) is 10.8. The summed E-state index contributed by atoms with van der Waals surface area (Å²) in [4.78, 5) is 25.2. The topological polar surface area (TPSA) is 103 Å². The summed E-state index contributed by atoms with van der Waals surface area (Å²) in [6, 6.07) is 10.2. The molecule has 1 saturated carbocycles. The summed E-state index contributed by atoms with van der Waals surface area (Å²) in [5.41, 5.74) is 3.97. The van der Waals surface area contributed by atoms with Gasteiger partial charge in [-0.05, 0) is 56.3 Å². The average Bonchev–Trinajstić information content (AvgIpc) is 3.25. The summed E-state index contributed by atoms with van der Waals surface area (Å²) in [5, 5.41) is 17.8. The maximum Gasteiger partial charge on any atom is 0.163 e. The van der Waals surface area contributed by atoms with Crippen LogP contribution in [-0.4, -0.2) is 61.8 Å². The van der Waals surface area contributed by atoms with E-state index < -0.39 is 5.60 Å². The fourth-order valence-electron chi connectivity index (χ4n) is 6.21. The molecule has 0 bridgehead atoms. The SMILES string of the molecule is CN(c1nc(-c2ccnc3[nH]c4ccccc4c23)nc2cncc(C3CCC3)c12)[C@@H]1CCNC[C@@]1(C)O. The van der Waals surface area contributed by atoms with Crippen LogP contribution in [0.15, 0.2) is 48.9 Å². The van der Waals surface area contributed by atoms with Gasteiger partial charge in [0.2, 0.25) is 0 Å².